The Hall–Kier alpha value is 2.37. The van der Waals surface area contributed by atoms with Gasteiger partial charge in [0.15, 0.2) is 0 Å². The van der Waals surface area contributed by atoms with Crippen molar-refractivity contribution < 1.29 is 40.9 Å². The molecule has 0 aromatic rings. The second-order valence-electron chi connectivity index (χ2n) is 0. The van der Waals surface area contributed by atoms with E-state index in [4.69, 9.17) is 0 Å². The van der Waals surface area contributed by atoms with Crippen molar-refractivity contribution in [3.05, 3.63) is 0 Å². The molecule has 0 aromatic carbocycles. The predicted molar refractivity (Wildman–Crippen MR) is 22.1 cm³/mol. The smallest absolute Gasteiger partial charge is 2.00 e. The Morgan fingerprint density at radius 3 is 0.600 bits per heavy atom. The Labute approximate surface area is 80.6 Å². The van der Waals surface area contributed by atoms with E-state index in [0.717, 1.165) is 0 Å². The summed E-state index contributed by atoms with van der Waals surface area (Å²) in [6, 6.07) is 0. The van der Waals surface area contributed by atoms with Crippen molar-refractivity contribution in [1.29, 1.82) is 0 Å². The molecule has 0 aliphatic rings. The minimum Gasteiger partial charge on any atom is -2.00 e. The first kappa shape index (κ1) is 53.1. The third kappa shape index (κ3) is 21.6. The summed E-state index contributed by atoms with van der Waals surface area (Å²) in [4.78, 5) is 0. The summed E-state index contributed by atoms with van der Waals surface area (Å²) < 4.78 is 0. The number of hydrogen-bond acceptors (Lipinski definition) is 0. The van der Waals surface area contributed by atoms with Gasteiger partial charge in [-0.1, -0.05) is 0 Å². The second-order valence-corrected chi connectivity index (χ2v) is 0. The maximum absolute atomic E-state index is 0. The third-order valence-electron chi connectivity index (χ3n) is 0. The van der Waals surface area contributed by atoms with Gasteiger partial charge < -0.3 is 40.5 Å². The molecule has 34 valence electrons. The standard InChI is InChI=1S/Ag.3S.V/q+1;3*-2;+5. The van der Waals surface area contributed by atoms with E-state index in [1.165, 1.54) is 0 Å². The fourth-order valence-corrected chi connectivity index (χ4v) is 0. The molecular weight excluding hydrogens is 255 g/mol. The Bertz CT molecular complexity index is 6.85. The minimum absolute atomic E-state index is 0. The molecule has 0 radical (unpaired) electrons. The third-order valence-corrected chi connectivity index (χ3v) is 0. The van der Waals surface area contributed by atoms with Gasteiger partial charge in [0.25, 0.3) is 0 Å². The normalized spacial score (nSPS) is 0. The van der Waals surface area contributed by atoms with Gasteiger partial charge in [0, 0.05) is 0 Å². The summed E-state index contributed by atoms with van der Waals surface area (Å²) >= 11 is 0. The van der Waals surface area contributed by atoms with Crippen LogP contribution in [-0.2, 0) is 81.4 Å². The SMILES string of the molecule is [Ag+].[S-2].[S-2].[S-2].[V+5]. The van der Waals surface area contributed by atoms with Crippen LogP contribution in [0, 0.1) is 0 Å². The van der Waals surface area contributed by atoms with Crippen molar-refractivity contribution in [2.75, 3.05) is 0 Å². The minimum atomic E-state index is 0. The molecule has 0 fully saturated rings. The van der Waals surface area contributed by atoms with Gasteiger partial charge in [0.1, 0.15) is 0 Å². The Morgan fingerprint density at radius 2 is 0.600 bits per heavy atom. The summed E-state index contributed by atoms with van der Waals surface area (Å²) in [6.07, 6.45) is 0. The second kappa shape index (κ2) is 32.7. The van der Waals surface area contributed by atoms with Gasteiger partial charge >= 0.3 is 40.9 Å². The maximum Gasteiger partial charge on any atom is 5.00 e. The zero-order valence-corrected chi connectivity index (χ0v) is 7.30. The molecule has 0 saturated carbocycles. The Balaban J connectivity index is 0. The van der Waals surface area contributed by atoms with Gasteiger partial charge in [0.2, 0.25) is 0 Å². The van der Waals surface area contributed by atoms with Gasteiger partial charge in [-0.25, -0.2) is 0 Å². The van der Waals surface area contributed by atoms with Crippen LogP contribution in [0.3, 0.4) is 0 Å². The van der Waals surface area contributed by atoms with Crippen molar-refractivity contribution >= 4 is 40.5 Å². The van der Waals surface area contributed by atoms with E-state index in [1.54, 1.807) is 0 Å². The quantitative estimate of drug-likeness (QED) is 0.534. The molecule has 0 spiro atoms. The molecule has 5 heteroatoms. The van der Waals surface area contributed by atoms with Gasteiger partial charge in [-0.15, -0.1) is 0 Å². The molecule has 0 aliphatic carbocycles. The zero-order valence-electron chi connectivity index (χ0n) is 1.97. The molecule has 0 rings (SSSR count). The number of rotatable bonds is 0. The first-order valence-electron chi connectivity index (χ1n) is 0. The summed E-state index contributed by atoms with van der Waals surface area (Å²) in [5.41, 5.74) is 0. The van der Waals surface area contributed by atoms with E-state index in [1.807, 2.05) is 0 Å². The van der Waals surface area contributed by atoms with E-state index in [2.05, 4.69) is 0 Å². The topological polar surface area (TPSA) is 0 Å². The van der Waals surface area contributed by atoms with E-state index in [0.29, 0.717) is 0 Å². The van der Waals surface area contributed by atoms with Crippen molar-refractivity contribution in [2.24, 2.45) is 0 Å². The average Bonchev–Trinajstić information content (AvgIpc) is 0. The van der Waals surface area contributed by atoms with Crippen molar-refractivity contribution in [1.82, 2.24) is 0 Å². The van der Waals surface area contributed by atoms with Crippen LogP contribution in [0.15, 0.2) is 0 Å². The molecule has 0 bridgehead atoms. The van der Waals surface area contributed by atoms with Crippen LogP contribution >= 0.6 is 0 Å². The molecule has 0 saturated heterocycles. The van der Waals surface area contributed by atoms with Gasteiger partial charge in [-0.05, 0) is 0 Å². The maximum atomic E-state index is 0. The van der Waals surface area contributed by atoms with Crippen LogP contribution in [0.1, 0.15) is 0 Å². The van der Waals surface area contributed by atoms with E-state index in [-0.39, 0.29) is 81.4 Å². The van der Waals surface area contributed by atoms with Gasteiger partial charge in [-0.3, -0.25) is 0 Å². The molecule has 5 heavy (non-hydrogen) atoms. The monoisotopic (exact) mass is 254 g/mol. The van der Waals surface area contributed by atoms with Crippen LogP contribution in [0.4, 0.5) is 0 Å². The molecule has 0 aromatic heterocycles. The molecule has 0 heterocycles. The Morgan fingerprint density at radius 1 is 0.600 bits per heavy atom. The predicted octanol–water partition coefficient (Wildman–Crippen LogP) is -0.0122. The fraction of sp³-hybridized carbons (Fsp3) is 0. The summed E-state index contributed by atoms with van der Waals surface area (Å²) in [6.45, 7) is 0. The molecule has 0 nitrogen and oxygen atoms in total. The summed E-state index contributed by atoms with van der Waals surface area (Å²) in [5, 5.41) is 0. The number of hydrogen-bond donors (Lipinski definition) is 0. The Kier molecular flexibility index (Phi) is 347. The van der Waals surface area contributed by atoms with Crippen LogP contribution < -0.4 is 0 Å². The van der Waals surface area contributed by atoms with Gasteiger partial charge in [0.05, 0.1) is 0 Å². The van der Waals surface area contributed by atoms with Crippen LogP contribution in [0.5, 0.6) is 0 Å². The van der Waals surface area contributed by atoms with E-state index >= 15 is 0 Å². The summed E-state index contributed by atoms with van der Waals surface area (Å²) in [5.74, 6) is 0. The average molecular weight is 255 g/mol. The summed E-state index contributed by atoms with van der Waals surface area (Å²) in [7, 11) is 0. The van der Waals surface area contributed by atoms with E-state index in [9.17, 15) is 0 Å². The first-order chi connectivity index (χ1) is 0. The first-order valence-corrected chi connectivity index (χ1v) is 0. The molecule has 0 aliphatic heterocycles. The van der Waals surface area contributed by atoms with Crippen molar-refractivity contribution in [3.63, 3.8) is 0 Å². The zero-order chi connectivity index (χ0) is 0. The molecule has 0 amide bonds. The largest absolute Gasteiger partial charge is 5.00 e. The van der Waals surface area contributed by atoms with E-state index < -0.39 is 0 Å². The molecular formula is AgS3V. The van der Waals surface area contributed by atoms with Crippen LogP contribution in [0.25, 0.3) is 0 Å². The fourth-order valence-electron chi connectivity index (χ4n) is 0. The molecule has 0 N–H and O–H groups in total. The van der Waals surface area contributed by atoms with Crippen LogP contribution in [0.2, 0.25) is 0 Å². The van der Waals surface area contributed by atoms with Crippen molar-refractivity contribution in [2.45, 2.75) is 0 Å². The molecule has 0 unspecified atom stereocenters. The van der Waals surface area contributed by atoms with Crippen LogP contribution in [-0.4, -0.2) is 0 Å². The van der Waals surface area contributed by atoms with Crippen molar-refractivity contribution in [3.8, 4) is 0 Å². The van der Waals surface area contributed by atoms with Gasteiger partial charge in [-0.2, -0.15) is 0 Å². The molecule has 0 atom stereocenters.